The lowest BCUT2D eigenvalue weighted by atomic mass is 10.1. The summed E-state index contributed by atoms with van der Waals surface area (Å²) in [6.45, 7) is 1.16. The van der Waals surface area contributed by atoms with Gasteiger partial charge in [0.15, 0.2) is 11.5 Å². The fourth-order valence-corrected chi connectivity index (χ4v) is 3.30. The highest BCUT2D eigenvalue weighted by atomic mass is 16.5. The number of ether oxygens (including phenoxy) is 4. The van der Waals surface area contributed by atoms with Crippen molar-refractivity contribution in [2.45, 2.75) is 18.9 Å². The lowest BCUT2D eigenvalue weighted by molar-refractivity contribution is 0.0858. The van der Waals surface area contributed by atoms with Gasteiger partial charge in [0, 0.05) is 18.7 Å². The first kappa shape index (κ1) is 21.4. The molecule has 2 N–H and O–H groups in total. The molecule has 8 heteroatoms. The third kappa shape index (κ3) is 4.83. The minimum atomic E-state index is -0.409. The van der Waals surface area contributed by atoms with Gasteiger partial charge in [0.05, 0.1) is 38.7 Å². The van der Waals surface area contributed by atoms with Crippen LogP contribution in [0.15, 0.2) is 36.4 Å². The molecule has 160 valence electrons. The molecule has 0 aliphatic carbocycles. The second-order valence-electron chi connectivity index (χ2n) is 6.76. The zero-order valence-corrected chi connectivity index (χ0v) is 17.3. The average molecular weight is 414 g/mol. The number of benzene rings is 2. The van der Waals surface area contributed by atoms with E-state index in [4.69, 9.17) is 18.9 Å². The van der Waals surface area contributed by atoms with Crippen molar-refractivity contribution in [3.05, 3.63) is 47.5 Å². The molecule has 0 spiro atoms. The predicted octanol–water partition coefficient (Wildman–Crippen LogP) is 2.87. The molecule has 0 saturated carbocycles. The first-order valence-electron chi connectivity index (χ1n) is 9.67. The Hall–Kier alpha value is -3.26. The zero-order chi connectivity index (χ0) is 21.5. The maximum atomic E-state index is 12.9. The van der Waals surface area contributed by atoms with Crippen LogP contribution in [-0.2, 0) is 4.74 Å². The van der Waals surface area contributed by atoms with E-state index in [0.717, 1.165) is 19.4 Å². The summed E-state index contributed by atoms with van der Waals surface area (Å²) >= 11 is 0. The number of methoxy groups -OCH3 is 3. The van der Waals surface area contributed by atoms with Crippen molar-refractivity contribution in [1.29, 1.82) is 0 Å². The van der Waals surface area contributed by atoms with E-state index in [1.165, 1.54) is 21.3 Å². The Bertz CT molecular complexity index is 883. The molecule has 1 atom stereocenters. The fraction of sp³-hybridized carbons (Fsp3) is 0.364. The van der Waals surface area contributed by atoms with Crippen LogP contribution in [0.3, 0.4) is 0 Å². The molecule has 1 aliphatic heterocycles. The van der Waals surface area contributed by atoms with Gasteiger partial charge in [0.25, 0.3) is 11.8 Å². The summed E-state index contributed by atoms with van der Waals surface area (Å²) in [5.41, 5.74) is 1.08. The maximum Gasteiger partial charge on any atom is 0.255 e. The van der Waals surface area contributed by atoms with Gasteiger partial charge in [-0.15, -0.1) is 0 Å². The molecule has 30 heavy (non-hydrogen) atoms. The molecular weight excluding hydrogens is 388 g/mol. The predicted molar refractivity (Wildman–Crippen MR) is 112 cm³/mol. The van der Waals surface area contributed by atoms with Gasteiger partial charge in [-0.2, -0.15) is 0 Å². The quantitative estimate of drug-likeness (QED) is 0.690. The highest BCUT2D eigenvalue weighted by Crippen LogP contribution is 2.38. The Kier molecular flexibility index (Phi) is 7.13. The van der Waals surface area contributed by atoms with Crippen LogP contribution < -0.4 is 24.8 Å². The SMILES string of the molecule is COc1cc(C(=O)Nc2ccccc2C(=O)NC[C@@H]2CCCO2)cc(OC)c1OC. The van der Waals surface area contributed by atoms with Crippen LogP contribution in [0.5, 0.6) is 17.2 Å². The van der Waals surface area contributed by atoms with Crippen LogP contribution >= 0.6 is 0 Å². The maximum absolute atomic E-state index is 12.9. The van der Waals surface area contributed by atoms with Gasteiger partial charge >= 0.3 is 0 Å². The Morgan fingerprint density at radius 1 is 1.03 bits per heavy atom. The number of para-hydroxylation sites is 1. The summed E-state index contributed by atoms with van der Waals surface area (Å²) in [5, 5.41) is 5.67. The van der Waals surface area contributed by atoms with Crippen molar-refractivity contribution in [3.63, 3.8) is 0 Å². The van der Waals surface area contributed by atoms with Crippen molar-refractivity contribution in [1.82, 2.24) is 5.32 Å². The molecule has 0 aromatic heterocycles. The Balaban J connectivity index is 1.78. The van der Waals surface area contributed by atoms with Crippen LogP contribution in [0.2, 0.25) is 0 Å². The number of carbonyl (C=O) groups excluding carboxylic acids is 2. The van der Waals surface area contributed by atoms with Gasteiger partial charge in [-0.25, -0.2) is 0 Å². The van der Waals surface area contributed by atoms with Gasteiger partial charge in [-0.3, -0.25) is 9.59 Å². The molecule has 2 aromatic carbocycles. The highest BCUT2D eigenvalue weighted by molar-refractivity contribution is 6.09. The number of amides is 2. The number of carbonyl (C=O) groups is 2. The number of hydrogen-bond donors (Lipinski definition) is 2. The van der Waals surface area contributed by atoms with E-state index >= 15 is 0 Å². The first-order valence-corrected chi connectivity index (χ1v) is 9.67. The summed E-state index contributed by atoms with van der Waals surface area (Å²) in [7, 11) is 4.45. The van der Waals surface area contributed by atoms with E-state index < -0.39 is 5.91 Å². The third-order valence-corrected chi connectivity index (χ3v) is 4.86. The minimum Gasteiger partial charge on any atom is -0.493 e. The molecular formula is C22H26N2O6. The fourth-order valence-electron chi connectivity index (χ4n) is 3.30. The van der Waals surface area contributed by atoms with E-state index in [2.05, 4.69) is 10.6 Å². The normalized spacial score (nSPS) is 15.4. The van der Waals surface area contributed by atoms with E-state index in [1.807, 2.05) is 0 Å². The van der Waals surface area contributed by atoms with Crippen LogP contribution in [-0.4, -0.2) is 52.4 Å². The average Bonchev–Trinajstić information content (AvgIpc) is 3.30. The second kappa shape index (κ2) is 9.98. The first-order chi connectivity index (χ1) is 14.6. The molecule has 1 aliphatic rings. The highest BCUT2D eigenvalue weighted by Gasteiger charge is 2.20. The zero-order valence-electron chi connectivity index (χ0n) is 17.3. The minimum absolute atomic E-state index is 0.0370. The summed E-state index contributed by atoms with van der Waals surface area (Å²) in [6, 6.07) is 9.94. The van der Waals surface area contributed by atoms with E-state index in [0.29, 0.717) is 40.6 Å². The number of hydrogen-bond acceptors (Lipinski definition) is 6. The van der Waals surface area contributed by atoms with Gasteiger partial charge in [-0.05, 0) is 37.1 Å². The summed E-state index contributed by atoms with van der Waals surface area (Å²) in [6.07, 6.45) is 1.97. The molecule has 1 heterocycles. The second-order valence-corrected chi connectivity index (χ2v) is 6.76. The van der Waals surface area contributed by atoms with E-state index in [-0.39, 0.29) is 12.0 Å². The van der Waals surface area contributed by atoms with Crippen LogP contribution in [0, 0.1) is 0 Å². The van der Waals surface area contributed by atoms with Gasteiger partial charge in [-0.1, -0.05) is 12.1 Å². The smallest absolute Gasteiger partial charge is 0.255 e. The molecule has 0 unspecified atom stereocenters. The number of anilines is 1. The molecule has 0 bridgehead atoms. The van der Waals surface area contributed by atoms with Crippen LogP contribution in [0.4, 0.5) is 5.69 Å². The lowest BCUT2D eigenvalue weighted by Crippen LogP contribution is -2.32. The number of nitrogens with one attached hydrogen (secondary N) is 2. The third-order valence-electron chi connectivity index (χ3n) is 4.86. The Labute approximate surface area is 175 Å². The number of rotatable bonds is 8. The van der Waals surface area contributed by atoms with Gasteiger partial charge in [0.2, 0.25) is 5.75 Å². The molecule has 8 nitrogen and oxygen atoms in total. The topological polar surface area (TPSA) is 95.1 Å². The van der Waals surface area contributed by atoms with Crippen molar-refractivity contribution in [2.24, 2.45) is 0 Å². The Morgan fingerprint density at radius 2 is 1.73 bits per heavy atom. The Morgan fingerprint density at radius 3 is 2.33 bits per heavy atom. The van der Waals surface area contributed by atoms with Crippen LogP contribution in [0.25, 0.3) is 0 Å². The van der Waals surface area contributed by atoms with E-state index in [1.54, 1.807) is 36.4 Å². The largest absolute Gasteiger partial charge is 0.493 e. The molecule has 2 amide bonds. The molecule has 2 aromatic rings. The van der Waals surface area contributed by atoms with Crippen molar-refractivity contribution in [3.8, 4) is 17.2 Å². The molecule has 0 radical (unpaired) electrons. The van der Waals surface area contributed by atoms with Crippen molar-refractivity contribution in [2.75, 3.05) is 39.8 Å². The summed E-state index contributed by atoms with van der Waals surface area (Å²) in [4.78, 5) is 25.5. The van der Waals surface area contributed by atoms with E-state index in [9.17, 15) is 9.59 Å². The summed E-state index contributed by atoms with van der Waals surface area (Å²) < 4.78 is 21.4. The summed E-state index contributed by atoms with van der Waals surface area (Å²) in [5.74, 6) is 0.444. The molecule has 3 rings (SSSR count). The molecule has 1 saturated heterocycles. The standard InChI is InChI=1S/C22H26N2O6/c1-27-18-11-14(12-19(28-2)20(18)29-3)21(25)24-17-9-5-4-8-16(17)22(26)23-13-15-7-6-10-30-15/h4-5,8-9,11-12,15H,6-7,10,13H2,1-3H3,(H,23,26)(H,24,25)/t15-/m0/s1. The van der Waals surface area contributed by atoms with Crippen LogP contribution in [0.1, 0.15) is 33.6 Å². The lowest BCUT2D eigenvalue weighted by Gasteiger charge is -2.15. The van der Waals surface area contributed by atoms with Gasteiger partial charge in [0.1, 0.15) is 0 Å². The molecule has 1 fully saturated rings. The monoisotopic (exact) mass is 414 g/mol. The van der Waals surface area contributed by atoms with Gasteiger partial charge < -0.3 is 29.6 Å². The van der Waals surface area contributed by atoms with Crippen molar-refractivity contribution >= 4 is 17.5 Å². The van der Waals surface area contributed by atoms with Crippen molar-refractivity contribution < 1.29 is 28.5 Å².